The van der Waals surface area contributed by atoms with Crippen LogP contribution in [0.5, 0.6) is 0 Å². The summed E-state index contributed by atoms with van der Waals surface area (Å²) in [6, 6.07) is 13.8. The monoisotopic (exact) mass is 283 g/mol. The van der Waals surface area contributed by atoms with Gasteiger partial charge in [-0.25, -0.2) is 4.39 Å². The third-order valence-corrected chi connectivity index (χ3v) is 4.41. The molecule has 0 aromatic heterocycles. The zero-order chi connectivity index (χ0) is 14.7. The fraction of sp³-hybridized carbons (Fsp3) is 0.368. The molecule has 0 aliphatic heterocycles. The molecular weight excluding hydrogens is 261 g/mol. The van der Waals surface area contributed by atoms with Crippen LogP contribution in [0.4, 0.5) is 4.39 Å². The largest absolute Gasteiger partial charge is 0.313 e. The first kappa shape index (κ1) is 14.3. The number of hydrogen-bond acceptors (Lipinski definition) is 1. The Balaban J connectivity index is 1.99. The van der Waals surface area contributed by atoms with Crippen molar-refractivity contribution in [1.82, 2.24) is 5.32 Å². The maximum Gasteiger partial charge on any atom is 0.131 e. The van der Waals surface area contributed by atoms with Crippen molar-refractivity contribution in [3.8, 4) is 11.1 Å². The molecule has 110 valence electrons. The van der Waals surface area contributed by atoms with E-state index in [1.54, 1.807) is 6.07 Å². The maximum absolute atomic E-state index is 14.3. The molecule has 21 heavy (non-hydrogen) atoms. The van der Waals surface area contributed by atoms with Crippen LogP contribution in [0, 0.1) is 5.82 Å². The minimum absolute atomic E-state index is 0.123. The molecule has 0 atom stereocenters. The summed E-state index contributed by atoms with van der Waals surface area (Å²) in [7, 11) is 0. The summed E-state index contributed by atoms with van der Waals surface area (Å²) in [5.74, 6) is 0.486. The van der Waals surface area contributed by atoms with Gasteiger partial charge in [0, 0.05) is 12.1 Å². The van der Waals surface area contributed by atoms with Crippen molar-refractivity contribution in [2.75, 3.05) is 6.54 Å². The number of rotatable bonds is 5. The van der Waals surface area contributed by atoms with Crippen molar-refractivity contribution in [2.45, 2.75) is 38.6 Å². The van der Waals surface area contributed by atoms with Crippen molar-refractivity contribution in [1.29, 1.82) is 0 Å². The molecule has 0 amide bonds. The summed E-state index contributed by atoms with van der Waals surface area (Å²) >= 11 is 0. The van der Waals surface area contributed by atoms with Crippen LogP contribution in [-0.4, -0.2) is 6.54 Å². The van der Waals surface area contributed by atoms with E-state index in [-0.39, 0.29) is 5.82 Å². The van der Waals surface area contributed by atoms with Gasteiger partial charge < -0.3 is 5.32 Å². The van der Waals surface area contributed by atoms with Gasteiger partial charge in [-0.05, 0) is 54.1 Å². The van der Waals surface area contributed by atoms with Crippen molar-refractivity contribution in [3.05, 3.63) is 59.4 Å². The fourth-order valence-corrected chi connectivity index (χ4v) is 2.98. The quantitative estimate of drug-likeness (QED) is 0.825. The highest BCUT2D eigenvalue weighted by atomic mass is 19.1. The standard InChI is InChI=1S/C19H22FN/c1-2-21-13-14-10-11-19(20)18(12-14)17-9-4-3-8-16(17)15-6-5-7-15/h3-4,8-12,15,21H,2,5-7,13H2,1H3. The molecule has 1 N–H and O–H groups in total. The molecule has 0 heterocycles. The molecule has 2 aromatic rings. The number of benzene rings is 2. The second-order valence-corrected chi connectivity index (χ2v) is 5.81. The topological polar surface area (TPSA) is 12.0 Å². The Morgan fingerprint density at radius 2 is 1.90 bits per heavy atom. The van der Waals surface area contributed by atoms with Crippen molar-refractivity contribution >= 4 is 0 Å². The minimum Gasteiger partial charge on any atom is -0.313 e. The van der Waals surface area contributed by atoms with Crippen LogP contribution in [0.25, 0.3) is 11.1 Å². The third kappa shape index (κ3) is 3.01. The van der Waals surface area contributed by atoms with Crippen molar-refractivity contribution in [3.63, 3.8) is 0 Å². The average Bonchev–Trinajstić information content (AvgIpc) is 2.45. The summed E-state index contributed by atoms with van der Waals surface area (Å²) < 4.78 is 14.3. The van der Waals surface area contributed by atoms with Gasteiger partial charge >= 0.3 is 0 Å². The lowest BCUT2D eigenvalue weighted by Gasteiger charge is -2.28. The van der Waals surface area contributed by atoms with Crippen molar-refractivity contribution in [2.24, 2.45) is 0 Å². The highest BCUT2D eigenvalue weighted by molar-refractivity contribution is 5.69. The summed E-state index contributed by atoms with van der Waals surface area (Å²) in [6.45, 7) is 3.79. The van der Waals surface area contributed by atoms with Gasteiger partial charge in [-0.1, -0.05) is 43.7 Å². The van der Waals surface area contributed by atoms with Gasteiger partial charge in [-0.2, -0.15) is 0 Å². The van der Waals surface area contributed by atoms with Gasteiger partial charge in [0.05, 0.1) is 0 Å². The molecule has 0 unspecified atom stereocenters. The van der Waals surface area contributed by atoms with Crippen LogP contribution in [0.2, 0.25) is 0 Å². The summed E-state index contributed by atoms with van der Waals surface area (Å²) in [5.41, 5.74) is 4.26. The lowest BCUT2D eigenvalue weighted by atomic mass is 9.77. The molecule has 0 spiro atoms. The van der Waals surface area contributed by atoms with E-state index in [1.165, 1.54) is 24.8 Å². The summed E-state index contributed by atoms with van der Waals surface area (Å²) in [4.78, 5) is 0. The maximum atomic E-state index is 14.3. The molecule has 1 nitrogen and oxygen atoms in total. The smallest absolute Gasteiger partial charge is 0.131 e. The Bertz CT molecular complexity index is 617. The Hall–Kier alpha value is -1.67. The van der Waals surface area contributed by atoms with E-state index in [9.17, 15) is 4.39 Å². The molecule has 3 rings (SSSR count). The van der Waals surface area contributed by atoms with E-state index in [0.29, 0.717) is 5.92 Å². The van der Waals surface area contributed by atoms with Crippen LogP contribution in [0.3, 0.4) is 0 Å². The first-order valence-corrected chi connectivity index (χ1v) is 7.88. The van der Waals surface area contributed by atoms with E-state index in [1.807, 2.05) is 18.2 Å². The van der Waals surface area contributed by atoms with Gasteiger partial charge in [0.15, 0.2) is 0 Å². The molecule has 0 saturated heterocycles. The molecule has 0 bridgehead atoms. The minimum atomic E-state index is -0.123. The summed E-state index contributed by atoms with van der Waals surface area (Å²) in [6.07, 6.45) is 3.76. The molecule has 1 saturated carbocycles. The highest BCUT2D eigenvalue weighted by Gasteiger charge is 2.23. The van der Waals surface area contributed by atoms with Crippen LogP contribution in [0.1, 0.15) is 43.2 Å². The third-order valence-electron chi connectivity index (χ3n) is 4.41. The molecule has 1 fully saturated rings. The van der Waals surface area contributed by atoms with E-state index in [4.69, 9.17) is 0 Å². The Morgan fingerprint density at radius 1 is 1.10 bits per heavy atom. The van der Waals surface area contributed by atoms with E-state index >= 15 is 0 Å². The SMILES string of the molecule is CCNCc1ccc(F)c(-c2ccccc2C2CCC2)c1. The highest BCUT2D eigenvalue weighted by Crippen LogP contribution is 2.41. The first-order valence-electron chi connectivity index (χ1n) is 7.88. The Kier molecular flexibility index (Phi) is 4.35. The first-order chi connectivity index (χ1) is 10.3. The van der Waals surface area contributed by atoms with Crippen LogP contribution in [-0.2, 0) is 6.54 Å². The van der Waals surface area contributed by atoms with Gasteiger partial charge in [0.2, 0.25) is 0 Å². The van der Waals surface area contributed by atoms with Gasteiger partial charge in [-0.3, -0.25) is 0 Å². The van der Waals surface area contributed by atoms with Gasteiger partial charge in [-0.15, -0.1) is 0 Å². The lowest BCUT2D eigenvalue weighted by molar-refractivity contribution is 0.420. The molecular formula is C19H22FN. The lowest BCUT2D eigenvalue weighted by Crippen LogP contribution is -2.12. The van der Waals surface area contributed by atoms with Crippen molar-refractivity contribution < 1.29 is 4.39 Å². The van der Waals surface area contributed by atoms with Crippen LogP contribution < -0.4 is 5.32 Å². The molecule has 2 aromatic carbocycles. The van der Waals surface area contributed by atoms with Gasteiger partial charge in [0.25, 0.3) is 0 Å². The number of hydrogen-bond donors (Lipinski definition) is 1. The fourth-order valence-electron chi connectivity index (χ4n) is 2.98. The zero-order valence-corrected chi connectivity index (χ0v) is 12.5. The molecule has 0 radical (unpaired) electrons. The predicted octanol–water partition coefficient (Wildman–Crippen LogP) is 4.87. The summed E-state index contributed by atoms with van der Waals surface area (Å²) in [5, 5.41) is 3.30. The average molecular weight is 283 g/mol. The number of nitrogens with one attached hydrogen (secondary N) is 1. The normalized spacial score (nSPS) is 15.0. The predicted molar refractivity (Wildman–Crippen MR) is 85.8 cm³/mol. The van der Waals surface area contributed by atoms with Gasteiger partial charge in [0.1, 0.15) is 5.82 Å². The Morgan fingerprint density at radius 3 is 2.62 bits per heavy atom. The van der Waals surface area contributed by atoms with Crippen LogP contribution in [0.15, 0.2) is 42.5 Å². The van der Waals surface area contributed by atoms with E-state index < -0.39 is 0 Å². The Labute approximate surface area is 126 Å². The number of halogens is 1. The molecule has 1 aliphatic rings. The molecule has 2 heteroatoms. The zero-order valence-electron chi connectivity index (χ0n) is 12.5. The van der Waals surface area contributed by atoms with E-state index in [2.05, 4.69) is 30.4 Å². The second kappa shape index (κ2) is 6.40. The van der Waals surface area contributed by atoms with E-state index in [0.717, 1.165) is 29.8 Å². The molecule has 1 aliphatic carbocycles. The second-order valence-electron chi connectivity index (χ2n) is 5.81. The van der Waals surface area contributed by atoms with Crippen LogP contribution >= 0.6 is 0 Å².